The largest absolute Gasteiger partial charge is 0.457 e. The Morgan fingerprint density at radius 3 is 1.50 bits per heavy atom. The van der Waals surface area contributed by atoms with Gasteiger partial charge in [0, 0.05) is 13.0 Å². The highest BCUT2D eigenvalue weighted by molar-refractivity contribution is 5.69. The third kappa shape index (κ3) is 36.6. The summed E-state index contributed by atoms with van der Waals surface area (Å²) >= 11 is 0. The molecule has 4 heteroatoms. The Labute approximate surface area is 285 Å². The second-order valence-corrected chi connectivity index (χ2v) is 12.6. The molecule has 0 aromatic carbocycles. The van der Waals surface area contributed by atoms with Crippen LogP contribution in [0.5, 0.6) is 0 Å². The number of carbonyl (C=O) groups excluding carboxylic acids is 1. The number of allylic oxidation sites excluding steroid dienone is 10. The summed E-state index contributed by atoms with van der Waals surface area (Å²) in [5.41, 5.74) is 0. The van der Waals surface area contributed by atoms with Crippen LogP contribution in [0.4, 0.5) is 0 Å². The molecule has 1 atom stereocenters. The topological polar surface area (TPSA) is 55.8 Å². The average molecular weight is 643 g/mol. The van der Waals surface area contributed by atoms with Crippen molar-refractivity contribution in [3.8, 4) is 0 Å². The molecular weight excluding hydrogens is 568 g/mol. The molecule has 0 saturated heterocycles. The predicted molar refractivity (Wildman–Crippen MR) is 200 cm³/mol. The van der Waals surface area contributed by atoms with Crippen LogP contribution in [0, 0.1) is 0 Å². The number of ether oxygens (including phenoxy) is 2. The monoisotopic (exact) mass is 643 g/mol. The summed E-state index contributed by atoms with van der Waals surface area (Å²) in [5, 5.41) is 9.54. The van der Waals surface area contributed by atoms with E-state index in [0.717, 1.165) is 57.8 Å². The molecule has 4 nitrogen and oxygen atoms in total. The maximum atomic E-state index is 12.1. The van der Waals surface area contributed by atoms with Gasteiger partial charge in [-0.15, -0.1) is 0 Å². The summed E-state index contributed by atoms with van der Waals surface area (Å²) in [6.07, 6.45) is 51.3. The van der Waals surface area contributed by atoms with E-state index >= 15 is 0 Å². The van der Waals surface area contributed by atoms with Gasteiger partial charge in [0.25, 0.3) is 0 Å². The molecule has 0 amide bonds. The molecule has 266 valence electrons. The van der Waals surface area contributed by atoms with Gasteiger partial charge in [-0.1, -0.05) is 158 Å². The van der Waals surface area contributed by atoms with Crippen LogP contribution in [0.3, 0.4) is 0 Å². The normalized spacial score (nSPS) is 13.0. The molecule has 1 N–H and O–H groups in total. The molecule has 0 spiro atoms. The van der Waals surface area contributed by atoms with Crippen LogP contribution < -0.4 is 0 Å². The number of hydrogen-bond donors (Lipinski definition) is 1. The number of aliphatic hydroxyl groups excluding tert-OH is 1. The summed E-state index contributed by atoms with van der Waals surface area (Å²) in [6.45, 7) is 5.15. The number of aliphatic hydroxyl groups is 1. The fraction of sp³-hybridized carbons (Fsp3) is 0.738. The minimum atomic E-state index is -0.540. The minimum absolute atomic E-state index is 0.178. The van der Waals surface area contributed by atoms with Crippen LogP contribution in [0.1, 0.15) is 174 Å². The van der Waals surface area contributed by atoms with E-state index in [-0.39, 0.29) is 19.2 Å². The third-order valence-corrected chi connectivity index (χ3v) is 8.06. The molecule has 0 aliphatic heterocycles. The first-order valence-corrected chi connectivity index (χ1v) is 19.4. The van der Waals surface area contributed by atoms with E-state index in [9.17, 15) is 9.90 Å². The van der Waals surface area contributed by atoms with Crippen molar-refractivity contribution in [1.82, 2.24) is 0 Å². The van der Waals surface area contributed by atoms with E-state index in [1.165, 1.54) is 96.3 Å². The molecule has 0 radical (unpaired) electrons. The molecule has 1 unspecified atom stereocenters. The summed E-state index contributed by atoms with van der Waals surface area (Å²) in [5.74, 6) is -0.216. The Bertz CT molecular complexity index is 764. The van der Waals surface area contributed by atoms with Crippen molar-refractivity contribution in [2.75, 3.05) is 19.8 Å². The van der Waals surface area contributed by atoms with Crippen LogP contribution in [0.15, 0.2) is 60.8 Å². The van der Waals surface area contributed by atoms with Gasteiger partial charge in [-0.25, -0.2) is 0 Å². The number of rotatable bonds is 35. The zero-order chi connectivity index (χ0) is 33.4. The summed E-state index contributed by atoms with van der Waals surface area (Å²) in [4.78, 5) is 12.1. The Morgan fingerprint density at radius 2 is 0.978 bits per heavy atom. The number of hydrogen-bond acceptors (Lipinski definition) is 4. The maximum absolute atomic E-state index is 12.1. The highest BCUT2D eigenvalue weighted by Gasteiger charge is 2.13. The van der Waals surface area contributed by atoms with E-state index in [2.05, 4.69) is 74.6 Å². The molecule has 46 heavy (non-hydrogen) atoms. The molecule has 0 saturated carbocycles. The molecule has 0 bridgehead atoms. The third-order valence-electron chi connectivity index (χ3n) is 8.06. The van der Waals surface area contributed by atoms with Crippen molar-refractivity contribution in [3.05, 3.63) is 60.8 Å². The van der Waals surface area contributed by atoms with E-state index in [4.69, 9.17) is 9.47 Å². The van der Waals surface area contributed by atoms with E-state index < -0.39 is 6.10 Å². The lowest BCUT2D eigenvalue weighted by atomic mass is 10.1. The van der Waals surface area contributed by atoms with Gasteiger partial charge in [-0.2, -0.15) is 0 Å². The number of carbonyl (C=O) groups is 1. The first-order valence-electron chi connectivity index (χ1n) is 19.4. The molecule has 0 aliphatic carbocycles. The summed E-state index contributed by atoms with van der Waals surface area (Å²) in [7, 11) is 0. The molecule has 0 aromatic rings. The van der Waals surface area contributed by atoms with Gasteiger partial charge in [-0.05, 0) is 70.6 Å². The second-order valence-electron chi connectivity index (χ2n) is 12.6. The summed E-state index contributed by atoms with van der Waals surface area (Å²) < 4.78 is 11.1. The molecular formula is C42H74O4. The van der Waals surface area contributed by atoms with Crippen LogP contribution >= 0.6 is 0 Å². The van der Waals surface area contributed by atoms with E-state index in [1.807, 2.05) is 0 Å². The van der Waals surface area contributed by atoms with Crippen molar-refractivity contribution in [1.29, 1.82) is 0 Å². The van der Waals surface area contributed by atoms with Gasteiger partial charge in [0.05, 0.1) is 13.2 Å². The van der Waals surface area contributed by atoms with Crippen molar-refractivity contribution < 1.29 is 19.4 Å². The predicted octanol–water partition coefficient (Wildman–Crippen LogP) is 12.5. The molecule has 0 aliphatic rings. The number of unbranched alkanes of at least 4 members (excludes halogenated alkanes) is 17. The fourth-order valence-corrected chi connectivity index (χ4v) is 5.20. The first-order chi connectivity index (χ1) is 22.7. The van der Waals surface area contributed by atoms with Crippen molar-refractivity contribution in [3.63, 3.8) is 0 Å². The average Bonchev–Trinajstić information content (AvgIpc) is 3.06. The minimum Gasteiger partial charge on any atom is -0.457 e. The van der Waals surface area contributed by atoms with Crippen molar-refractivity contribution >= 4 is 5.97 Å². The molecule has 0 aromatic heterocycles. The van der Waals surface area contributed by atoms with Gasteiger partial charge in [0.1, 0.15) is 6.10 Å². The Hall–Kier alpha value is -1.91. The van der Waals surface area contributed by atoms with Gasteiger partial charge < -0.3 is 14.6 Å². The van der Waals surface area contributed by atoms with Gasteiger partial charge in [-0.3, -0.25) is 4.79 Å². The van der Waals surface area contributed by atoms with Crippen LogP contribution in [0.2, 0.25) is 0 Å². The fourth-order valence-electron chi connectivity index (χ4n) is 5.20. The van der Waals surface area contributed by atoms with Crippen LogP contribution in [0.25, 0.3) is 0 Å². The zero-order valence-electron chi connectivity index (χ0n) is 30.3. The van der Waals surface area contributed by atoms with Gasteiger partial charge in [0.2, 0.25) is 0 Å². The maximum Gasteiger partial charge on any atom is 0.306 e. The second kappa shape index (κ2) is 39.3. The van der Waals surface area contributed by atoms with Crippen molar-refractivity contribution in [2.45, 2.75) is 180 Å². The van der Waals surface area contributed by atoms with Crippen LogP contribution in [-0.2, 0) is 14.3 Å². The first kappa shape index (κ1) is 44.1. The van der Waals surface area contributed by atoms with Crippen molar-refractivity contribution in [2.24, 2.45) is 0 Å². The Kier molecular flexibility index (Phi) is 37.6. The molecule has 0 rings (SSSR count). The standard InChI is InChI=1S/C42H74O4/c1-3-5-7-9-11-13-15-16-17-18-19-20-21-22-23-24-25-26-27-28-30-32-34-36-38-45-40-41(39-43)46-42(44)37-35-33-31-29-14-12-10-8-6-4-2/h5,7-8,10-11,13,16-17,19-20,41,43H,3-4,6,9,12,14-15,18,21-40H2,1-2H3/b7-5-,10-8-,13-11-,17-16-,20-19-. The highest BCUT2D eigenvalue weighted by Crippen LogP contribution is 2.13. The lowest BCUT2D eigenvalue weighted by Gasteiger charge is -2.15. The Balaban J connectivity index is 3.43. The summed E-state index contributed by atoms with van der Waals surface area (Å²) in [6, 6.07) is 0. The molecule has 0 fully saturated rings. The van der Waals surface area contributed by atoms with E-state index in [0.29, 0.717) is 13.0 Å². The van der Waals surface area contributed by atoms with E-state index in [1.54, 1.807) is 0 Å². The highest BCUT2D eigenvalue weighted by atomic mass is 16.6. The smallest absolute Gasteiger partial charge is 0.306 e. The molecule has 0 heterocycles. The number of esters is 1. The Morgan fingerprint density at radius 1 is 0.543 bits per heavy atom. The zero-order valence-corrected chi connectivity index (χ0v) is 30.3. The SMILES string of the molecule is CC/C=C\C/C=C\C/C=C\C/C=C\CCCCCCCCCCCCCOCC(CO)OC(=O)CCCCCCC/C=C\CCC. The lowest BCUT2D eigenvalue weighted by Crippen LogP contribution is -2.27. The van der Waals surface area contributed by atoms with Gasteiger partial charge >= 0.3 is 5.97 Å². The lowest BCUT2D eigenvalue weighted by molar-refractivity contribution is -0.154. The van der Waals surface area contributed by atoms with Gasteiger partial charge in [0.15, 0.2) is 0 Å². The quantitative estimate of drug-likeness (QED) is 0.0424. The van der Waals surface area contributed by atoms with Crippen LogP contribution in [-0.4, -0.2) is 37.0 Å².